The van der Waals surface area contributed by atoms with Crippen molar-refractivity contribution in [1.29, 1.82) is 0 Å². The maximum Gasteiger partial charge on any atom is 0.134 e. The van der Waals surface area contributed by atoms with Crippen LogP contribution in [-0.2, 0) is 0 Å². The van der Waals surface area contributed by atoms with Crippen LogP contribution in [0.4, 0.5) is 11.6 Å². The molecular formula is C20H26N4OS. The van der Waals surface area contributed by atoms with Crippen molar-refractivity contribution in [3.8, 4) is 5.75 Å². The van der Waals surface area contributed by atoms with Crippen molar-refractivity contribution in [2.45, 2.75) is 18.8 Å². The first-order chi connectivity index (χ1) is 12.8. The first-order valence-electron chi connectivity index (χ1n) is 9.37. The van der Waals surface area contributed by atoms with Crippen molar-refractivity contribution < 1.29 is 4.74 Å². The molecule has 0 N–H and O–H groups in total. The summed E-state index contributed by atoms with van der Waals surface area (Å²) in [5.74, 6) is 6.06. The number of rotatable bonds is 4. The maximum absolute atomic E-state index is 5.37. The van der Waals surface area contributed by atoms with E-state index in [2.05, 4.69) is 44.0 Å². The van der Waals surface area contributed by atoms with E-state index in [1.54, 1.807) is 13.4 Å². The van der Waals surface area contributed by atoms with Crippen LogP contribution in [0.5, 0.6) is 5.75 Å². The smallest absolute Gasteiger partial charge is 0.134 e. The van der Waals surface area contributed by atoms with Gasteiger partial charge in [-0.3, -0.25) is 0 Å². The van der Waals surface area contributed by atoms with Gasteiger partial charge in [0, 0.05) is 43.8 Å². The minimum absolute atomic E-state index is 0.599. The zero-order valence-corrected chi connectivity index (χ0v) is 16.1. The van der Waals surface area contributed by atoms with E-state index in [4.69, 9.17) is 4.74 Å². The number of ether oxygens (including phenoxy) is 1. The van der Waals surface area contributed by atoms with E-state index in [1.807, 2.05) is 17.8 Å². The molecule has 4 rings (SSSR count). The van der Waals surface area contributed by atoms with Gasteiger partial charge in [0.1, 0.15) is 23.7 Å². The average Bonchev–Trinajstić information content (AvgIpc) is 2.75. The summed E-state index contributed by atoms with van der Waals surface area (Å²) in [6.45, 7) is 4.24. The summed E-state index contributed by atoms with van der Waals surface area (Å²) in [4.78, 5) is 13.8. The number of hydrogen-bond acceptors (Lipinski definition) is 6. The Morgan fingerprint density at radius 3 is 2.35 bits per heavy atom. The lowest BCUT2D eigenvalue weighted by Gasteiger charge is -2.34. The molecule has 2 fully saturated rings. The predicted octanol–water partition coefficient (Wildman–Crippen LogP) is 3.42. The van der Waals surface area contributed by atoms with E-state index >= 15 is 0 Å². The fourth-order valence-electron chi connectivity index (χ4n) is 3.81. The van der Waals surface area contributed by atoms with Crippen LogP contribution in [0.25, 0.3) is 0 Å². The molecule has 1 aromatic heterocycles. The Kier molecular flexibility index (Phi) is 5.48. The molecule has 0 aliphatic carbocycles. The van der Waals surface area contributed by atoms with Crippen molar-refractivity contribution in [2.24, 2.45) is 0 Å². The van der Waals surface area contributed by atoms with Crippen LogP contribution in [0.1, 0.15) is 24.3 Å². The number of piperidine rings is 1. The van der Waals surface area contributed by atoms with Crippen LogP contribution in [0, 0.1) is 0 Å². The highest BCUT2D eigenvalue weighted by Gasteiger charge is 2.23. The number of nitrogens with zero attached hydrogens (tertiary/aromatic N) is 4. The molecule has 0 saturated carbocycles. The summed E-state index contributed by atoms with van der Waals surface area (Å²) < 4.78 is 5.37. The molecule has 0 bridgehead atoms. The van der Waals surface area contributed by atoms with Crippen molar-refractivity contribution in [2.75, 3.05) is 54.6 Å². The van der Waals surface area contributed by atoms with Crippen LogP contribution in [0.2, 0.25) is 0 Å². The highest BCUT2D eigenvalue weighted by molar-refractivity contribution is 7.99. The van der Waals surface area contributed by atoms with Gasteiger partial charge in [0.25, 0.3) is 0 Å². The molecule has 2 saturated heterocycles. The van der Waals surface area contributed by atoms with E-state index < -0.39 is 0 Å². The maximum atomic E-state index is 5.37. The minimum atomic E-state index is 0.599. The van der Waals surface area contributed by atoms with Crippen LogP contribution in [0.3, 0.4) is 0 Å². The first-order valence-corrected chi connectivity index (χ1v) is 10.5. The molecule has 138 valence electrons. The summed E-state index contributed by atoms with van der Waals surface area (Å²) in [7, 11) is 1.73. The molecule has 6 heteroatoms. The van der Waals surface area contributed by atoms with Gasteiger partial charge in [-0.2, -0.15) is 11.8 Å². The van der Waals surface area contributed by atoms with E-state index in [9.17, 15) is 0 Å². The molecule has 3 heterocycles. The van der Waals surface area contributed by atoms with Gasteiger partial charge in [-0.05, 0) is 36.5 Å². The van der Waals surface area contributed by atoms with E-state index in [0.717, 1.165) is 56.4 Å². The van der Waals surface area contributed by atoms with Gasteiger partial charge >= 0.3 is 0 Å². The Morgan fingerprint density at radius 1 is 0.962 bits per heavy atom. The zero-order chi connectivity index (χ0) is 17.8. The summed E-state index contributed by atoms with van der Waals surface area (Å²) in [5, 5.41) is 0. The lowest BCUT2D eigenvalue weighted by molar-refractivity contribution is 0.412. The van der Waals surface area contributed by atoms with E-state index in [0.29, 0.717) is 5.92 Å². The molecule has 0 radical (unpaired) electrons. The number of hydrogen-bond donors (Lipinski definition) is 0. The Balaban J connectivity index is 1.41. The van der Waals surface area contributed by atoms with Crippen LogP contribution < -0.4 is 14.5 Å². The molecule has 0 spiro atoms. The third kappa shape index (κ3) is 3.90. The predicted molar refractivity (Wildman–Crippen MR) is 109 cm³/mol. The van der Waals surface area contributed by atoms with Gasteiger partial charge in [0.05, 0.1) is 7.11 Å². The van der Waals surface area contributed by atoms with E-state index in [-0.39, 0.29) is 0 Å². The first kappa shape index (κ1) is 17.5. The van der Waals surface area contributed by atoms with E-state index in [1.165, 1.54) is 17.1 Å². The second-order valence-corrected chi connectivity index (χ2v) is 8.10. The number of methoxy groups -OCH3 is 1. The van der Waals surface area contributed by atoms with Crippen LogP contribution in [-0.4, -0.2) is 54.8 Å². The SMILES string of the molecule is COc1cccc(C2CCN(c3cc(N4CCSCC4)ncn3)CC2)c1. The lowest BCUT2D eigenvalue weighted by atomic mass is 9.89. The van der Waals surface area contributed by atoms with Gasteiger partial charge in [0.2, 0.25) is 0 Å². The van der Waals surface area contributed by atoms with Gasteiger partial charge in [-0.25, -0.2) is 9.97 Å². The molecule has 0 amide bonds. The largest absolute Gasteiger partial charge is 0.497 e. The van der Waals surface area contributed by atoms with Crippen molar-refractivity contribution >= 4 is 23.4 Å². The Hall–Kier alpha value is -1.95. The number of benzene rings is 1. The highest BCUT2D eigenvalue weighted by Crippen LogP contribution is 2.32. The monoisotopic (exact) mass is 370 g/mol. The molecule has 0 atom stereocenters. The third-order valence-corrected chi connectivity index (χ3v) is 6.30. The molecule has 0 unspecified atom stereocenters. The second kappa shape index (κ2) is 8.16. The number of thioether (sulfide) groups is 1. The normalized spacial score (nSPS) is 18.8. The van der Waals surface area contributed by atoms with Gasteiger partial charge in [-0.1, -0.05) is 12.1 Å². The lowest BCUT2D eigenvalue weighted by Crippen LogP contribution is -2.35. The molecule has 26 heavy (non-hydrogen) atoms. The minimum Gasteiger partial charge on any atom is -0.497 e. The Labute approximate surface area is 159 Å². The van der Waals surface area contributed by atoms with Crippen molar-refractivity contribution in [3.63, 3.8) is 0 Å². The molecule has 2 aliphatic rings. The quantitative estimate of drug-likeness (QED) is 0.821. The highest BCUT2D eigenvalue weighted by atomic mass is 32.2. The summed E-state index contributed by atoms with van der Waals surface area (Å²) in [5.41, 5.74) is 1.39. The fourth-order valence-corrected chi connectivity index (χ4v) is 4.72. The molecular weight excluding hydrogens is 344 g/mol. The summed E-state index contributed by atoms with van der Waals surface area (Å²) in [6, 6.07) is 10.7. The van der Waals surface area contributed by atoms with Crippen LogP contribution in [0.15, 0.2) is 36.7 Å². The zero-order valence-electron chi connectivity index (χ0n) is 15.3. The third-order valence-electron chi connectivity index (χ3n) is 5.36. The molecule has 2 aliphatic heterocycles. The summed E-state index contributed by atoms with van der Waals surface area (Å²) in [6.07, 6.45) is 4.01. The summed E-state index contributed by atoms with van der Waals surface area (Å²) >= 11 is 2.02. The Morgan fingerprint density at radius 2 is 1.65 bits per heavy atom. The van der Waals surface area contributed by atoms with Crippen molar-refractivity contribution in [1.82, 2.24) is 9.97 Å². The number of aromatic nitrogens is 2. The second-order valence-electron chi connectivity index (χ2n) is 6.87. The molecule has 2 aromatic rings. The topological polar surface area (TPSA) is 41.5 Å². The van der Waals surface area contributed by atoms with Gasteiger partial charge < -0.3 is 14.5 Å². The average molecular weight is 371 g/mol. The standard InChI is InChI=1S/C20H26N4OS/c1-25-18-4-2-3-17(13-18)16-5-7-23(8-6-16)19-14-20(22-15-21-19)24-9-11-26-12-10-24/h2-4,13-16H,5-12H2,1H3. The number of anilines is 2. The van der Waals surface area contributed by atoms with Gasteiger partial charge in [-0.15, -0.1) is 0 Å². The fraction of sp³-hybridized carbons (Fsp3) is 0.500. The Bertz CT molecular complexity index is 727. The van der Waals surface area contributed by atoms with Gasteiger partial charge in [0.15, 0.2) is 0 Å². The van der Waals surface area contributed by atoms with Crippen molar-refractivity contribution in [3.05, 3.63) is 42.2 Å². The van der Waals surface area contributed by atoms with Crippen LogP contribution >= 0.6 is 11.8 Å². The molecule has 1 aromatic carbocycles. The molecule has 5 nitrogen and oxygen atoms in total.